The number of anilines is 1. The van der Waals surface area contributed by atoms with Gasteiger partial charge in [0.1, 0.15) is 6.04 Å². The van der Waals surface area contributed by atoms with Crippen molar-refractivity contribution in [2.75, 3.05) is 31.1 Å². The second kappa shape index (κ2) is 8.05. The molecule has 3 aliphatic heterocycles. The summed E-state index contributed by atoms with van der Waals surface area (Å²) in [5.41, 5.74) is 1.22. The summed E-state index contributed by atoms with van der Waals surface area (Å²) in [4.78, 5) is 51.7. The molecule has 1 aromatic rings. The van der Waals surface area contributed by atoms with E-state index in [0.29, 0.717) is 13.1 Å². The second-order valence-electron chi connectivity index (χ2n) is 6.57. The zero-order valence-electron chi connectivity index (χ0n) is 15.9. The minimum Gasteiger partial charge on any atom is -0.369 e. The number of carbonyl (C=O) groups excluding carboxylic acids is 4. The van der Waals surface area contributed by atoms with Crippen molar-refractivity contribution in [3.63, 3.8) is 0 Å². The molecular weight excluding hydrogens is 367 g/mol. The predicted molar refractivity (Wildman–Crippen MR) is 99.4 cm³/mol. The summed E-state index contributed by atoms with van der Waals surface area (Å²) in [6.07, 6.45) is 0.212. The van der Waals surface area contributed by atoms with Gasteiger partial charge in [0.2, 0.25) is 11.8 Å². The highest BCUT2D eigenvalue weighted by molar-refractivity contribution is 6.23. The fourth-order valence-electron chi connectivity index (χ4n) is 3.60. The zero-order chi connectivity index (χ0) is 20.4. The molecule has 0 saturated carbocycles. The number of nitrogens with one attached hydrogen (secondary N) is 1. The van der Waals surface area contributed by atoms with Crippen LogP contribution >= 0.6 is 0 Å². The number of halogens is 1. The first-order valence-corrected chi connectivity index (χ1v) is 9.47. The lowest BCUT2D eigenvalue weighted by molar-refractivity contribution is -0.136. The molecular formula is C19H23FN4O4. The fourth-order valence-corrected chi connectivity index (χ4v) is 3.60. The second-order valence-corrected chi connectivity index (χ2v) is 6.57. The number of nitrogens with zero attached hydrogens (tertiary/aromatic N) is 3. The van der Waals surface area contributed by atoms with E-state index in [2.05, 4.69) is 5.32 Å². The van der Waals surface area contributed by atoms with E-state index in [4.69, 9.17) is 0 Å². The smallest absolute Gasteiger partial charge is 0.262 e. The Balaban J connectivity index is 0.00000109. The molecule has 9 heteroatoms. The minimum atomic E-state index is -0.973. The van der Waals surface area contributed by atoms with Gasteiger partial charge < -0.3 is 4.90 Å². The lowest BCUT2D eigenvalue weighted by Crippen LogP contribution is -2.54. The van der Waals surface area contributed by atoms with Gasteiger partial charge in [0.25, 0.3) is 11.8 Å². The Morgan fingerprint density at radius 3 is 2.25 bits per heavy atom. The van der Waals surface area contributed by atoms with Crippen LogP contribution in [-0.2, 0) is 9.59 Å². The van der Waals surface area contributed by atoms with E-state index in [1.165, 1.54) is 0 Å². The third-order valence-corrected chi connectivity index (χ3v) is 5.01. The van der Waals surface area contributed by atoms with Gasteiger partial charge in [0.05, 0.1) is 11.1 Å². The summed E-state index contributed by atoms with van der Waals surface area (Å²) in [5.74, 6) is -2.10. The molecule has 2 fully saturated rings. The van der Waals surface area contributed by atoms with E-state index in [0.717, 1.165) is 15.7 Å². The summed E-state index contributed by atoms with van der Waals surface area (Å²) in [7, 11) is 0. The van der Waals surface area contributed by atoms with Crippen LogP contribution in [0.25, 0.3) is 0 Å². The number of hydrogen-bond acceptors (Lipinski definition) is 6. The first kappa shape index (κ1) is 19.9. The zero-order valence-corrected chi connectivity index (χ0v) is 15.9. The van der Waals surface area contributed by atoms with Crippen LogP contribution in [-0.4, -0.2) is 65.9 Å². The molecule has 1 atom stereocenters. The number of fused-ring (bicyclic) bond motifs is 1. The van der Waals surface area contributed by atoms with Crippen molar-refractivity contribution in [3.8, 4) is 0 Å². The number of benzene rings is 1. The summed E-state index contributed by atoms with van der Waals surface area (Å²) in [6, 6.07) is 3.94. The molecule has 3 aliphatic rings. The van der Waals surface area contributed by atoms with E-state index in [-0.39, 0.29) is 37.1 Å². The van der Waals surface area contributed by atoms with E-state index in [1.54, 1.807) is 18.2 Å². The molecule has 3 heterocycles. The maximum atomic E-state index is 13.2. The maximum absolute atomic E-state index is 13.2. The first-order valence-electron chi connectivity index (χ1n) is 9.47. The third-order valence-electron chi connectivity index (χ3n) is 5.01. The van der Waals surface area contributed by atoms with E-state index < -0.39 is 29.7 Å². The van der Waals surface area contributed by atoms with Gasteiger partial charge in [-0.1, -0.05) is 13.8 Å². The lowest BCUT2D eigenvalue weighted by Gasteiger charge is -2.31. The van der Waals surface area contributed by atoms with Gasteiger partial charge in [-0.3, -0.25) is 29.4 Å². The number of hydrogen-bond donors (Lipinski definition) is 1. The van der Waals surface area contributed by atoms with E-state index in [1.807, 2.05) is 18.7 Å². The van der Waals surface area contributed by atoms with Crippen LogP contribution in [0.3, 0.4) is 0 Å². The van der Waals surface area contributed by atoms with Crippen molar-refractivity contribution in [2.24, 2.45) is 0 Å². The number of rotatable bonds is 2. The first-order chi connectivity index (χ1) is 13.5. The van der Waals surface area contributed by atoms with Crippen molar-refractivity contribution in [1.82, 2.24) is 15.3 Å². The summed E-state index contributed by atoms with van der Waals surface area (Å²) in [6.45, 7) is 5.50. The molecule has 0 aromatic heterocycles. The Hall–Kier alpha value is -2.81. The van der Waals surface area contributed by atoms with Crippen LogP contribution in [0.5, 0.6) is 0 Å². The van der Waals surface area contributed by atoms with Crippen LogP contribution in [0.4, 0.5) is 10.2 Å². The lowest BCUT2D eigenvalue weighted by atomic mass is 10.0. The van der Waals surface area contributed by atoms with Crippen molar-refractivity contribution in [2.45, 2.75) is 32.7 Å². The van der Waals surface area contributed by atoms with Gasteiger partial charge in [0.15, 0.2) is 0 Å². The highest BCUT2D eigenvalue weighted by Crippen LogP contribution is 2.31. The van der Waals surface area contributed by atoms with Crippen LogP contribution in [0, 0.1) is 0 Å². The molecule has 8 nitrogen and oxygen atoms in total. The number of piperidine rings is 1. The molecule has 150 valence electrons. The number of piperazine rings is 1. The predicted octanol–water partition coefficient (Wildman–Crippen LogP) is 1.12. The van der Waals surface area contributed by atoms with Gasteiger partial charge in [-0.05, 0) is 24.6 Å². The van der Waals surface area contributed by atoms with Crippen molar-refractivity contribution >= 4 is 29.3 Å². The molecule has 1 N–H and O–H groups in total. The van der Waals surface area contributed by atoms with Crippen LogP contribution in [0.2, 0.25) is 0 Å². The average Bonchev–Trinajstić information content (AvgIpc) is 2.94. The molecule has 0 spiro atoms. The molecule has 0 aliphatic carbocycles. The maximum Gasteiger partial charge on any atom is 0.262 e. The molecule has 1 aromatic carbocycles. The largest absolute Gasteiger partial charge is 0.369 e. The Labute approximate surface area is 162 Å². The summed E-state index contributed by atoms with van der Waals surface area (Å²) in [5, 5.41) is 2.91. The van der Waals surface area contributed by atoms with Gasteiger partial charge in [-0.25, -0.2) is 0 Å². The van der Waals surface area contributed by atoms with Gasteiger partial charge in [-0.2, -0.15) is 0 Å². The van der Waals surface area contributed by atoms with Crippen LogP contribution < -0.4 is 10.2 Å². The number of carbonyl (C=O) groups is 4. The van der Waals surface area contributed by atoms with Gasteiger partial charge in [-0.15, -0.1) is 9.60 Å². The van der Waals surface area contributed by atoms with Gasteiger partial charge >= 0.3 is 0 Å². The van der Waals surface area contributed by atoms with Crippen molar-refractivity contribution < 1.29 is 23.7 Å². The molecule has 4 rings (SSSR count). The minimum absolute atomic E-state index is 0.0859. The summed E-state index contributed by atoms with van der Waals surface area (Å²) >= 11 is 0. The van der Waals surface area contributed by atoms with E-state index in [9.17, 15) is 23.7 Å². The monoisotopic (exact) mass is 390 g/mol. The highest BCUT2D eigenvalue weighted by Gasteiger charge is 2.44. The Morgan fingerprint density at radius 1 is 0.964 bits per heavy atom. The molecule has 28 heavy (non-hydrogen) atoms. The Morgan fingerprint density at radius 2 is 1.61 bits per heavy atom. The third kappa shape index (κ3) is 3.49. The van der Waals surface area contributed by atoms with Gasteiger partial charge in [0, 0.05) is 38.3 Å². The van der Waals surface area contributed by atoms with Crippen molar-refractivity contribution in [1.29, 1.82) is 0 Å². The Kier molecular flexibility index (Phi) is 5.73. The Bertz CT molecular complexity index is 820. The SMILES string of the molecule is CC.O=C1CCC(N2C(=O)c3ccc(N4CCN(F)CC4)cc3C2=O)C(=O)N1. The molecule has 4 amide bonds. The molecule has 0 bridgehead atoms. The quantitative estimate of drug-likeness (QED) is 0.601. The topological polar surface area (TPSA) is 90.0 Å². The molecule has 2 saturated heterocycles. The van der Waals surface area contributed by atoms with E-state index >= 15 is 0 Å². The van der Waals surface area contributed by atoms with Crippen LogP contribution in [0.1, 0.15) is 47.4 Å². The summed E-state index contributed by atoms with van der Waals surface area (Å²) < 4.78 is 13.2. The van der Waals surface area contributed by atoms with Crippen molar-refractivity contribution in [3.05, 3.63) is 29.3 Å². The van der Waals surface area contributed by atoms with Crippen LogP contribution in [0.15, 0.2) is 18.2 Å². The molecule has 0 radical (unpaired) electrons. The highest BCUT2D eigenvalue weighted by atomic mass is 19.2. The number of imide groups is 2. The normalized spacial score (nSPS) is 22.6. The number of amides is 4. The molecule has 1 unspecified atom stereocenters. The standard InChI is InChI=1S/C17H17FN4O4.C2H6/c18-21-7-5-20(6-8-21)10-1-2-11-12(9-10)17(26)22(16(11)25)13-3-4-14(23)19-15(13)24;1-2/h1-2,9,13H,3-8H2,(H,19,23,24);1-2H3. The average molecular weight is 390 g/mol. The fraction of sp³-hybridized carbons (Fsp3) is 0.474.